The molecule has 3 heterocycles. The molecule has 0 unspecified atom stereocenters. The largest absolute Gasteiger partial charge is 0.493 e. The zero-order chi connectivity index (χ0) is 38.0. The number of unbranched alkanes of at least 4 members (excludes halogenated alkanes) is 2. The third kappa shape index (κ3) is 8.25. The van der Waals surface area contributed by atoms with Gasteiger partial charge in [0.2, 0.25) is 5.91 Å². The fourth-order valence-corrected chi connectivity index (χ4v) is 7.49. The normalized spacial score (nSPS) is 18.9. The number of ether oxygens (including phenoxy) is 4. The lowest BCUT2D eigenvalue weighted by Crippen LogP contribution is -2.46. The molecule has 0 bridgehead atoms. The number of methoxy groups -OCH3 is 2. The number of fused-ring (bicyclic) bond motifs is 2. The number of amides is 3. The quantitative estimate of drug-likeness (QED) is 0.0972. The summed E-state index contributed by atoms with van der Waals surface area (Å²) in [5.41, 5.74) is 9.71. The molecule has 2 aromatic rings. The zero-order valence-electron chi connectivity index (χ0n) is 31.7. The Hall–Kier alpha value is -4.49. The molecule has 0 aromatic heterocycles. The van der Waals surface area contributed by atoms with Crippen molar-refractivity contribution in [1.29, 1.82) is 0 Å². The van der Waals surface area contributed by atoms with Crippen LogP contribution in [0.1, 0.15) is 73.6 Å². The van der Waals surface area contributed by atoms with Crippen molar-refractivity contribution in [2.75, 3.05) is 58.2 Å². The first-order chi connectivity index (χ1) is 24.5. The fraction of sp³-hybridized carbons (Fsp3) is 0.513. The third-order valence-electron chi connectivity index (χ3n) is 10.5. The van der Waals surface area contributed by atoms with Crippen LogP contribution < -0.4 is 30.0 Å². The summed E-state index contributed by atoms with van der Waals surface area (Å²) in [5, 5.41) is 2.95. The van der Waals surface area contributed by atoms with Gasteiger partial charge in [-0.15, -0.1) is 0 Å². The maximum Gasteiger partial charge on any atom is 0.257 e. The maximum atomic E-state index is 13.8. The lowest BCUT2D eigenvalue weighted by molar-refractivity contribution is -0.119. The van der Waals surface area contributed by atoms with Gasteiger partial charge in [-0.05, 0) is 62.4 Å². The molecule has 2 atom stereocenters. The summed E-state index contributed by atoms with van der Waals surface area (Å²) in [6.45, 7) is 21.2. The van der Waals surface area contributed by atoms with E-state index in [0.29, 0.717) is 91.3 Å². The standard InChI is InChI=1S/C39H54N4O8Si/c1-24-15-26(23-51-52(8,9)39(3,4)5)42(21-24)37(45)27-17-32(47-6)34(19-29(27)40)49-13-11-10-12-14-50-35-20-30-28(18-33(35)48-7)38(46)43-22-25(2)16-31(43)36(44)41-30/h17-20,26,31H,1-2,10-16,21-23,40H2,3-9H3,(H,41,44)/t26-,31-/m0/s1. The summed E-state index contributed by atoms with van der Waals surface area (Å²) in [6, 6.07) is 5.89. The van der Waals surface area contributed by atoms with Gasteiger partial charge in [0.15, 0.2) is 31.3 Å². The molecule has 2 fully saturated rings. The number of nitrogen functional groups attached to an aromatic ring is 1. The van der Waals surface area contributed by atoms with Gasteiger partial charge in [0.1, 0.15) is 6.04 Å². The van der Waals surface area contributed by atoms with Gasteiger partial charge in [-0.2, -0.15) is 0 Å². The lowest BCUT2D eigenvalue weighted by Gasteiger charge is -2.38. The van der Waals surface area contributed by atoms with Gasteiger partial charge in [0.05, 0.1) is 56.9 Å². The van der Waals surface area contributed by atoms with Crippen LogP contribution in [0.3, 0.4) is 0 Å². The number of nitrogens with zero attached hydrogens (tertiary/aromatic N) is 2. The summed E-state index contributed by atoms with van der Waals surface area (Å²) in [4.78, 5) is 43.3. The van der Waals surface area contributed by atoms with Crippen molar-refractivity contribution in [1.82, 2.24) is 9.80 Å². The summed E-state index contributed by atoms with van der Waals surface area (Å²) >= 11 is 0. The molecule has 3 N–H and O–H groups in total. The van der Waals surface area contributed by atoms with E-state index in [1.54, 1.807) is 34.1 Å². The lowest BCUT2D eigenvalue weighted by atomic mass is 10.1. The fourth-order valence-electron chi connectivity index (χ4n) is 6.45. The van der Waals surface area contributed by atoms with Crippen LogP contribution >= 0.6 is 0 Å². The second kappa shape index (κ2) is 15.6. The average molecular weight is 735 g/mol. The number of hydrogen-bond acceptors (Lipinski definition) is 9. The highest BCUT2D eigenvalue weighted by molar-refractivity contribution is 6.74. The molecule has 2 saturated heterocycles. The minimum absolute atomic E-state index is 0.0645. The van der Waals surface area contributed by atoms with E-state index in [-0.39, 0.29) is 28.8 Å². The zero-order valence-corrected chi connectivity index (χ0v) is 32.7. The van der Waals surface area contributed by atoms with Gasteiger partial charge in [0, 0.05) is 30.9 Å². The van der Waals surface area contributed by atoms with Crippen LogP contribution in [-0.4, -0.2) is 95.1 Å². The van der Waals surface area contributed by atoms with E-state index in [4.69, 9.17) is 29.1 Å². The molecule has 2 aromatic carbocycles. The van der Waals surface area contributed by atoms with Crippen molar-refractivity contribution in [3.63, 3.8) is 0 Å². The second-order valence-corrected chi connectivity index (χ2v) is 20.2. The Balaban J connectivity index is 1.13. The molecular weight excluding hydrogens is 681 g/mol. The van der Waals surface area contributed by atoms with Gasteiger partial charge in [-0.3, -0.25) is 14.4 Å². The van der Waals surface area contributed by atoms with Gasteiger partial charge < -0.3 is 44.2 Å². The highest BCUT2D eigenvalue weighted by atomic mass is 28.4. The Morgan fingerprint density at radius 3 is 2.15 bits per heavy atom. The molecule has 52 heavy (non-hydrogen) atoms. The van der Waals surface area contributed by atoms with Gasteiger partial charge in [0.25, 0.3) is 11.8 Å². The molecule has 5 rings (SSSR count). The topological polar surface area (TPSA) is 142 Å². The van der Waals surface area contributed by atoms with Crippen LogP contribution in [0.15, 0.2) is 48.6 Å². The molecular formula is C39H54N4O8Si. The van der Waals surface area contributed by atoms with Crippen molar-refractivity contribution in [3.05, 3.63) is 59.7 Å². The average Bonchev–Trinajstić information content (AvgIpc) is 3.65. The van der Waals surface area contributed by atoms with Crippen LogP contribution in [0.4, 0.5) is 11.4 Å². The van der Waals surface area contributed by atoms with Crippen LogP contribution in [-0.2, 0) is 9.22 Å². The SMILES string of the molecule is C=C1C[C@@H](CO[Si](C)(C)C(C)(C)C)N(C(=O)c2cc(OC)c(OCCCCCOc3cc4c(cc3OC)C(=O)N3CC(=C)C[C@H]3C(=O)N4)cc2N)C1. The number of rotatable bonds is 14. The number of hydrogen-bond donors (Lipinski definition) is 2. The Morgan fingerprint density at radius 1 is 0.904 bits per heavy atom. The Kier molecular flexibility index (Phi) is 11.6. The third-order valence-corrected chi connectivity index (χ3v) is 15.0. The predicted octanol–water partition coefficient (Wildman–Crippen LogP) is 6.43. The molecule has 3 aliphatic heterocycles. The van der Waals surface area contributed by atoms with Crippen molar-refractivity contribution < 1.29 is 37.8 Å². The van der Waals surface area contributed by atoms with Crippen molar-refractivity contribution in [2.45, 2.75) is 83.1 Å². The second-order valence-electron chi connectivity index (χ2n) is 15.4. The Labute approximate surface area is 308 Å². The molecule has 0 radical (unpaired) electrons. The molecule has 0 saturated carbocycles. The summed E-state index contributed by atoms with van der Waals surface area (Å²) in [6.07, 6.45) is 3.40. The maximum absolute atomic E-state index is 13.8. The monoisotopic (exact) mass is 734 g/mol. The van der Waals surface area contributed by atoms with Gasteiger partial charge >= 0.3 is 0 Å². The number of carbonyl (C=O) groups excluding carboxylic acids is 3. The number of nitrogens with one attached hydrogen (secondary N) is 1. The first-order valence-electron chi connectivity index (χ1n) is 17.9. The van der Waals surface area contributed by atoms with E-state index < -0.39 is 14.4 Å². The number of benzene rings is 2. The van der Waals surface area contributed by atoms with E-state index in [0.717, 1.165) is 30.4 Å². The minimum Gasteiger partial charge on any atom is -0.493 e. The number of anilines is 2. The summed E-state index contributed by atoms with van der Waals surface area (Å²) < 4.78 is 29.7. The number of nitrogens with two attached hydrogens (primary N) is 1. The van der Waals surface area contributed by atoms with E-state index in [1.807, 2.05) is 0 Å². The van der Waals surface area contributed by atoms with Gasteiger partial charge in [-0.1, -0.05) is 45.1 Å². The van der Waals surface area contributed by atoms with Crippen LogP contribution in [0.5, 0.6) is 23.0 Å². The van der Waals surface area contributed by atoms with E-state index >= 15 is 0 Å². The number of carbonyl (C=O) groups is 3. The predicted molar refractivity (Wildman–Crippen MR) is 204 cm³/mol. The number of likely N-dealkylation sites (tertiary alicyclic amines) is 1. The highest BCUT2D eigenvalue weighted by Crippen LogP contribution is 2.40. The minimum atomic E-state index is -2.00. The summed E-state index contributed by atoms with van der Waals surface area (Å²) in [7, 11) is 1.06. The van der Waals surface area contributed by atoms with Gasteiger partial charge in [-0.25, -0.2) is 0 Å². The van der Waals surface area contributed by atoms with Crippen molar-refractivity contribution in [3.8, 4) is 23.0 Å². The van der Waals surface area contributed by atoms with Crippen LogP contribution in [0.2, 0.25) is 18.1 Å². The Morgan fingerprint density at radius 2 is 1.52 bits per heavy atom. The molecule has 282 valence electrons. The molecule has 3 aliphatic rings. The van der Waals surface area contributed by atoms with Crippen LogP contribution in [0, 0.1) is 0 Å². The Bertz CT molecular complexity index is 1740. The smallest absolute Gasteiger partial charge is 0.257 e. The summed E-state index contributed by atoms with van der Waals surface area (Å²) in [5.74, 6) is 1.09. The molecule has 3 amide bonds. The first kappa shape index (κ1) is 38.7. The highest BCUT2D eigenvalue weighted by Gasteiger charge is 2.41. The van der Waals surface area contributed by atoms with Crippen molar-refractivity contribution in [2.24, 2.45) is 0 Å². The molecule has 0 aliphatic carbocycles. The van der Waals surface area contributed by atoms with Crippen LogP contribution in [0.25, 0.3) is 0 Å². The molecule has 12 nitrogen and oxygen atoms in total. The van der Waals surface area contributed by atoms with E-state index in [2.05, 4.69) is 52.3 Å². The van der Waals surface area contributed by atoms with Crippen molar-refractivity contribution >= 4 is 37.4 Å². The molecule has 13 heteroatoms. The van der Waals surface area contributed by atoms with E-state index in [1.165, 1.54) is 14.2 Å². The molecule has 0 spiro atoms. The first-order valence-corrected chi connectivity index (χ1v) is 20.8. The van der Waals surface area contributed by atoms with E-state index in [9.17, 15) is 14.4 Å².